The number of amides is 2. The van der Waals surface area contributed by atoms with Crippen LogP contribution in [0.15, 0.2) is 52.1 Å². The fourth-order valence-corrected chi connectivity index (χ4v) is 2.83. The van der Waals surface area contributed by atoms with E-state index in [1.807, 2.05) is 0 Å². The summed E-state index contributed by atoms with van der Waals surface area (Å²) in [5, 5.41) is 3.17. The van der Waals surface area contributed by atoms with Gasteiger partial charge in [0.25, 0.3) is 22.9 Å². The molecular formula is C20H20N4O4. The van der Waals surface area contributed by atoms with Crippen LogP contribution in [0.25, 0.3) is 10.8 Å². The molecular weight excluding hydrogens is 360 g/mol. The van der Waals surface area contributed by atoms with E-state index in [9.17, 15) is 19.2 Å². The molecule has 8 nitrogen and oxygen atoms in total. The van der Waals surface area contributed by atoms with Gasteiger partial charge in [0.05, 0.1) is 10.8 Å². The zero-order chi connectivity index (χ0) is 20.6. The van der Waals surface area contributed by atoms with E-state index >= 15 is 0 Å². The lowest BCUT2D eigenvalue weighted by atomic mass is 10.1. The number of nitrogens with one attached hydrogen (secondary N) is 1. The molecule has 3 rings (SSSR count). The molecule has 0 unspecified atom stereocenters. The molecule has 0 fully saturated rings. The summed E-state index contributed by atoms with van der Waals surface area (Å²) < 4.78 is 2.42. The summed E-state index contributed by atoms with van der Waals surface area (Å²) >= 11 is 0. The summed E-state index contributed by atoms with van der Waals surface area (Å²) in [6.07, 6.45) is 0. The van der Waals surface area contributed by atoms with E-state index in [1.165, 1.54) is 46.6 Å². The Hall–Kier alpha value is -3.68. The molecule has 144 valence electrons. The van der Waals surface area contributed by atoms with Gasteiger partial charge in [-0.2, -0.15) is 0 Å². The van der Waals surface area contributed by atoms with Gasteiger partial charge in [0.1, 0.15) is 0 Å². The van der Waals surface area contributed by atoms with Crippen molar-refractivity contribution in [1.29, 1.82) is 0 Å². The molecule has 8 heteroatoms. The lowest BCUT2D eigenvalue weighted by Crippen LogP contribution is -2.35. The highest BCUT2D eigenvalue weighted by Gasteiger charge is 2.13. The second kappa shape index (κ2) is 7.15. The zero-order valence-electron chi connectivity index (χ0n) is 16.0. The van der Waals surface area contributed by atoms with Crippen LogP contribution in [0.3, 0.4) is 0 Å². The minimum atomic E-state index is -0.420. The Bertz CT molecular complexity index is 1200. The number of anilines is 1. The predicted octanol–water partition coefficient (Wildman–Crippen LogP) is 1.19. The van der Waals surface area contributed by atoms with Crippen LogP contribution >= 0.6 is 0 Å². The second-order valence-corrected chi connectivity index (χ2v) is 6.65. The Morgan fingerprint density at radius 1 is 0.821 bits per heavy atom. The molecule has 0 saturated carbocycles. The lowest BCUT2D eigenvalue weighted by molar-refractivity contribution is 0.0827. The van der Waals surface area contributed by atoms with Crippen molar-refractivity contribution in [3.63, 3.8) is 0 Å². The molecule has 0 bridgehead atoms. The van der Waals surface area contributed by atoms with Gasteiger partial charge in [-0.3, -0.25) is 28.5 Å². The average molecular weight is 380 g/mol. The van der Waals surface area contributed by atoms with Crippen molar-refractivity contribution in [2.45, 2.75) is 0 Å². The molecule has 2 aromatic carbocycles. The van der Waals surface area contributed by atoms with Crippen molar-refractivity contribution in [2.24, 2.45) is 14.1 Å². The minimum absolute atomic E-state index is 0.134. The summed E-state index contributed by atoms with van der Waals surface area (Å²) in [7, 11) is 6.33. The normalized spacial score (nSPS) is 10.7. The monoisotopic (exact) mass is 380 g/mol. The minimum Gasteiger partial charge on any atom is -0.345 e. The summed E-state index contributed by atoms with van der Waals surface area (Å²) in [5.74, 6) is -0.554. The van der Waals surface area contributed by atoms with Crippen LogP contribution in [-0.4, -0.2) is 40.2 Å². The molecule has 0 aliphatic carbocycles. The molecule has 0 aliphatic heterocycles. The van der Waals surface area contributed by atoms with Crippen LogP contribution in [0.5, 0.6) is 0 Å². The smallest absolute Gasteiger partial charge is 0.273 e. The Kier molecular flexibility index (Phi) is 4.87. The van der Waals surface area contributed by atoms with Crippen LogP contribution in [0.4, 0.5) is 5.69 Å². The molecule has 1 aromatic heterocycles. The van der Waals surface area contributed by atoms with E-state index in [0.29, 0.717) is 11.3 Å². The Morgan fingerprint density at radius 2 is 1.36 bits per heavy atom. The number of hydrogen-bond donors (Lipinski definition) is 1. The van der Waals surface area contributed by atoms with Crippen LogP contribution in [0, 0.1) is 0 Å². The van der Waals surface area contributed by atoms with Gasteiger partial charge < -0.3 is 10.2 Å². The van der Waals surface area contributed by atoms with Crippen LogP contribution < -0.4 is 16.4 Å². The van der Waals surface area contributed by atoms with E-state index in [1.54, 1.807) is 38.4 Å². The maximum absolute atomic E-state index is 12.6. The molecule has 0 atom stereocenters. The van der Waals surface area contributed by atoms with E-state index in [4.69, 9.17) is 0 Å². The molecule has 0 spiro atoms. The largest absolute Gasteiger partial charge is 0.345 e. The maximum atomic E-state index is 12.6. The van der Waals surface area contributed by atoms with Gasteiger partial charge in [-0.05, 0) is 42.5 Å². The van der Waals surface area contributed by atoms with Crippen LogP contribution in [0.2, 0.25) is 0 Å². The quantitative estimate of drug-likeness (QED) is 0.739. The van der Waals surface area contributed by atoms with E-state index in [2.05, 4.69) is 5.32 Å². The summed E-state index contributed by atoms with van der Waals surface area (Å²) in [5.41, 5.74) is 0.597. The first-order chi connectivity index (χ1) is 13.2. The average Bonchev–Trinajstić information content (AvgIpc) is 2.70. The first-order valence-electron chi connectivity index (χ1n) is 8.54. The van der Waals surface area contributed by atoms with Crippen molar-refractivity contribution in [1.82, 2.24) is 14.3 Å². The number of nitrogens with zero attached hydrogens (tertiary/aromatic N) is 3. The van der Waals surface area contributed by atoms with Gasteiger partial charge in [-0.1, -0.05) is 0 Å². The van der Waals surface area contributed by atoms with Crippen molar-refractivity contribution < 1.29 is 9.59 Å². The predicted molar refractivity (Wildman–Crippen MR) is 107 cm³/mol. The van der Waals surface area contributed by atoms with Crippen molar-refractivity contribution >= 4 is 28.3 Å². The van der Waals surface area contributed by atoms with Gasteiger partial charge in [-0.15, -0.1) is 0 Å². The molecule has 0 saturated heterocycles. The standard InChI is InChI=1S/C20H20N4O4/c1-22(2)18(26)12-5-8-14(9-6-12)21-17(25)13-7-10-15-16(11-13)20(28)24(4)23(3)19(15)27/h5-11H,1-4H3,(H,21,25). The zero-order valence-corrected chi connectivity index (χ0v) is 16.0. The Labute approximate surface area is 160 Å². The molecule has 1 heterocycles. The Morgan fingerprint density at radius 3 is 1.93 bits per heavy atom. The topological polar surface area (TPSA) is 93.4 Å². The third kappa shape index (κ3) is 3.32. The van der Waals surface area contributed by atoms with Crippen LogP contribution in [0.1, 0.15) is 20.7 Å². The van der Waals surface area contributed by atoms with Crippen molar-refractivity contribution in [3.8, 4) is 0 Å². The molecule has 0 aliphatic rings. The third-order valence-electron chi connectivity index (χ3n) is 4.58. The van der Waals surface area contributed by atoms with E-state index < -0.39 is 5.91 Å². The van der Waals surface area contributed by atoms with Crippen LogP contribution in [-0.2, 0) is 14.1 Å². The molecule has 1 N–H and O–H groups in total. The SMILES string of the molecule is CN(C)C(=O)c1ccc(NC(=O)c2ccc3c(=O)n(C)n(C)c(=O)c3c2)cc1. The fourth-order valence-electron chi connectivity index (χ4n) is 2.83. The Balaban J connectivity index is 1.91. The molecule has 2 amide bonds. The number of carbonyl (C=O) groups is 2. The molecule has 28 heavy (non-hydrogen) atoms. The van der Waals surface area contributed by atoms with Gasteiger partial charge in [-0.25, -0.2) is 0 Å². The number of aromatic nitrogens is 2. The van der Waals surface area contributed by atoms with Gasteiger partial charge >= 0.3 is 0 Å². The lowest BCUT2D eigenvalue weighted by Gasteiger charge is -2.11. The number of fused-ring (bicyclic) bond motifs is 1. The maximum Gasteiger partial charge on any atom is 0.273 e. The van der Waals surface area contributed by atoms with Gasteiger partial charge in [0.2, 0.25) is 0 Å². The van der Waals surface area contributed by atoms with E-state index in [-0.39, 0.29) is 33.4 Å². The molecule has 3 aromatic rings. The molecule has 0 radical (unpaired) electrons. The van der Waals surface area contributed by atoms with Gasteiger partial charge in [0, 0.05) is 45.0 Å². The third-order valence-corrected chi connectivity index (χ3v) is 4.58. The number of carbonyl (C=O) groups excluding carboxylic acids is 2. The summed E-state index contributed by atoms with van der Waals surface area (Å²) in [6, 6.07) is 10.9. The van der Waals surface area contributed by atoms with Crippen molar-refractivity contribution in [3.05, 3.63) is 74.3 Å². The fraction of sp³-hybridized carbons (Fsp3) is 0.200. The highest BCUT2D eigenvalue weighted by Crippen LogP contribution is 2.14. The first kappa shape index (κ1) is 19.1. The highest BCUT2D eigenvalue weighted by molar-refractivity contribution is 6.06. The van der Waals surface area contributed by atoms with Crippen molar-refractivity contribution in [2.75, 3.05) is 19.4 Å². The first-order valence-corrected chi connectivity index (χ1v) is 8.54. The summed E-state index contributed by atoms with van der Waals surface area (Å²) in [4.78, 5) is 50.6. The number of benzene rings is 2. The van der Waals surface area contributed by atoms with E-state index in [0.717, 1.165) is 0 Å². The second-order valence-electron chi connectivity index (χ2n) is 6.65. The number of hydrogen-bond acceptors (Lipinski definition) is 4. The number of rotatable bonds is 3. The van der Waals surface area contributed by atoms with Gasteiger partial charge in [0.15, 0.2) is 0 Å². The summed E-state index contributed by atoms with van der Waals surface area (Å²) in [6.45, 7) is 0. The highest BCUT2D eigenvalue weighted by atomic mass is 16.2.